The maximum absolute atomic E-state index is 11.5. The van der Waals surface area contributed by atoms with Crippen molar-refractivity contribution in [3.63, 3.8) is 0 Å². The van der Waals surface area contributed by atoms with Crippen LogP contribution in [0.15, 0.2) is 42.7 Å². The molecule has 0 aliphatic rings. The summed E-state index contributed by atoms with van der Waals surface area (Å²) in [7, 11) is 1.36. The number of carbonyl (C=O) groups is 1. The number of rotatable bonds is 1. The number of hydrogen-bond donors (Lipinski definition) is 0. The van der Waals surface area contributed by atoms with E-state index in [1.807, 2.05) is 32.0 Å². The second kappa shape index (κ2) is 6.55. The van der Waals surface area contributed by atoms with Gasteiger partial charge in [0.25, 0.3) is 0 Å². The van der Waals surface area contributed by atoms with Gasteiger partial charge in [-0.1, -0.05) is 31.5 Å². The van der Waals surface area contributed by atoms with E-state index < -0.39 is 0 Å². The largest absolute Gasteiger partial charge is 0.465 e. The minimum Gasteiger partial charge on any atom is -0.465 e. The quantitative estimate of drug-likeness (QED) is 0.476. The third kappa shape index (κ3) is 2.83. The summed E-state index contributed by atoms with van der Waals surface area (Å²) in [6, 6.07) is 9.15. The van der Waals surface area contributed by atoms with Crippen LogP contribution in [-0.2, 0) is 4.74 Å². The third-order valence-electron chi connectivity index (χ3n) is 3.12. The van der Waals surface area contributed by atoms with Crippen LogP contribution >= 0.6 is 11.6 Å². The molecule has 0 atom stereocenters. The first-order chi connectivity index (χ1) is 10.2. The van der Waals surface area contributed by atoms with Gasteiger partial charge in [0.2, 0.25) is 0 Å². The van der Waals surface area contributed by atoms with Gasteiger partial charge in [-0.25, -0.2) is 4.79 Å². The highest BCUT2D eigenvalue weighted by atomic mass is 35.5. The van der Waals surface area contributed by atoms with E-state index in [-0.39, 0.29) is 5.97 Å². The lowest BCUT2D eigenvalue weighted by Gasteiger charge is -2.07. The van der Waals surface area contributed by atoms with Crippen LogP contribution in [0.1, 0.15) is 24.2 Å². The minimum atomic E-state index is -0.357. The highest BCUT2D eigenvalue weighted by Crippen LogP contribution is 2.31. The van der Waals surface area contributed by atoms with E-state index in [2.05, 4.69) is 4.98 Å². The fraction of sp³-hybridized carbons (Fsp3) is 0.176. The summed E-state index contributed by atoms with van der Waals surface area (Å²) in [5.74, 6) is -0.357. The molecule has 0 saturated heterocycles. The van der Waals surface area contributed by atoms with Crippen molar-refractivity contribution in [2.45, 2.75) is 13.8 Å². The number of ether oxygens (including phenoxy) is 1. The van der Waals surface area contributed by atoms with Crippen LogP contribution in [0.3, 0.4) is 0 Å². The smallest absolute Gasteiger partial charge is 0.337 e. The Morgan fingerprint density at radius 3 is 2.57 bits per heavy atom. The number of halogens is 1. The van der Waals surface area contributed by atoms with E-state index in [4.69, 9.17) is 16.3 Å². The van der Waals surface area contributed by atoms with E-state index in [0.29, 0.717) is 10.6 Å². The topological polar surface area (TPSA) is 39.2 Å². The monoisotopic (exact) mass is 301 g/mol. The molecule has 1 heterocycles. The van der Waals surface area contributed by atoms with Crippen molar-refractivity contribution in [3.8, 4) is 0 Å². The lowest BCUT2D eigenvalue weighted by atomic mass is 10.0. The van der Waals surface area contributed by atoms with Gasteiger partial charge in [0.15, 0.2) is 0 Å². The first-order valence-electron chi connectivity index (χ1n) is 6.75. The van der Waals surface area contributed by atoms with Gasteiger partial charge in [0.05, 0.1) is 12.7 Å². The van der Waals surface area contributed by atoms with E-state index >= 15 is 0 Å². The molecule has 21 heavy (non-hydrogen) atoms. The van der Waals surface area contributed by atoms with Crippen LogP contribution < -0.4 is 0 Å². The zero-order valence-corrected chi connectivity index (χ0v) is 12.9. The molecule has 0 radical (unpaired) electrons. The SMILES string of the molecule is CC.COC(=O)c1ccc2c(c1)cc(Cl)c1ccncc12. The molecule has 0 N–H and O–H groups in total. The molecule has 0 saturated carbocycles. The Bertz CT molecular complexity index is 799. The van der Waals surface area contributed by atoms with Gasteiger partial charge >= 0.3 is 5.97 Å². The Morgan fingerprint density at radius 1 is 1.10 bits per heavy atom. The summed E-state index contributed by atoms with van der Waals surface area (Å²) in [6.45, 7) is 4.00. The molecule has 4 heteroatoms. The number of pyridine rings is 1. The molecule has 108 valence electrons. The van der Waals surface area contributed by atoms with Crippen molar-refractivity contribution in [2.24, 2.45) is 0 Å². The van der Waals surface area contributed by atoms with Crippen molar-refractivity contribution in [2.75, 3.05) is 7.11 Å². The van der Waals surface area contributed by atoms with Gasteiger partial charge in [-0.2, -0.15) is 0 Å². The Labute approximate surface area is 128 Å². The second-order valence-corrected chi connectivity index (χ2v) is 4.61. The maximum Gasteiger partial charge on any atom is 0.337 e. The summed E-state index contributed by atoms with van der Waals surface area (Å²) < 4.78 is 4.72. The van der Waals surface area contributed by atoms with Crippen molar-refractivity contribution >= 4 is 39.1 Å². The molecular weight excluding hydrogens is 286 g/mol. The standard InChI is InChI=1S/C15H10ClNO2.C2H6/c1-19-15(18)9-2-3-11-10(6-9)7-14(16)12-4-5-17-8-13(11)12;1-2/h2-8H,1H3;1-2H3. The Balaban J connectivity index is 0.000000774. The van der Waals surface area contributed by atoms with Crippen LogP contribution in [0.2, 0.25) is 5.02 Å². The number of fused-ring (bicyclic) bond motifs is 3. The van der Waals surface area contributed by atoms with Crippen LogP contribution in [0.25, 0.3) is 21.5 Å². The number of carbonyl (C=O) groups excluding carboxylic acids is 1. The van der Waals surface area contributed by atoms with Crippen molar-refractivity contribution in [1.82, 2.24) is 4.98 Å². The number of hydrogen-bond acceptors (Lipinski definition) is 3. The van der Waals surface area contributed by atoms with E-state index in [1.54, 1.807) is 24.5 Å². The van der Waals surface area contributed by atoms with Crippen molar-refractivity contribution in [1.29, 1.82) is 0 Å². The van der Waals surface area contributed by atoms with Crippen LogP contribution in [0.5, 0.6) is 0 Å². The molecule has 0 fully saturated rings. The molecule has 0 aliphatic carbocycles. The Kier molecular flexibility index (Phi) is 4.76. The lowest BCUT2D eigenvalue weighted by Crippen LogP contribution is -2.00. The normalized spacial score (nSPS) is 10.1. The highest BCUT2D eigenvalue weighted by Gasteiger charge is 2.09. The zero-order chi connectivity index (χ0) is 15.4. The molecule has 3 rings (SSSR count). The number of benzene rings is 2. The van der Waals surface area contributed by atoms with Crippen molar-refractivity contribution < 1.29 is 9.53 Å². The van der Waals surface area contributed by atoms with E-state index in [9.17, 15) is 4.79 Å². The van der Waals surface area contributed by atoms with E-state index in [0.717, 1.165) is 21.5 Å². The third-order valence-corrected chi connectivity index (χ3v) is 3.44. The summed E-state index contributed by atoms with van der Waals surface area (Å²) in [5.41, 5.74) is 0.509. The average molecular weight is 302 g/mol. The Hall–Kier alpha value is -2.13. The summed E-state index contributed by atoms with van der Waals surface area (Å²) in [6.07, 6.45) is 3.49. The molecule has 0 spiro atoms. The fourth-order valence-electron chi connectivity index (χ4n) is 2.20. The Morgan fingerprint density at radius 2 is 1.86 bits per heavy atom. The summed E-state index contributed by atoms with van der Waals surface area (Å²) in [4.78, 5) is 15.7. The second-order valence-electron chi connectivity index (χ2n) is 4.21. The molecule has 0 amide bonds. The van der Waals surface area contributed by atoms with Gasteiger partial charge in [0, 0.05) is 28.2 Å². The van der Waals surface area contributed by atoms with Gasteiger partial charge in [0.1, 0.15) is 0 Å². The number of esters is 1. The number of aromatic nitrogens is 1. The average Bonchev–Trinajstić information content (AvgIpc) is 2.55. The van der Waals surface area contributed by atoms with Gasteiger partial charge < -0.3 is 4.74 Å². The molecule has 2 aromatic carbocycles. The molecule has 3 nitrogen and oxygen atoms in total. The molecule has 0 aliphatic heterocycles. The first-order valence-corrected chi connectivity index (χ1v) is 7.13. The maximum atomic E-state index is 11.5. The molecule has 0 unspecified atom stereocenters. The minimum absolute atomic E-state index is 0.357. The predicted molar refractivity (Wildman–Crippen MR) is 86.9 cm³/mol. The molecule has 3 aromatic rings. The van der Waals surface area contributed by atoms with Crippen LogP contribution in [0.4, 0.5) is 0 Å². The van der Waals surface area contributed by atoms with Crippen LogP contribution in [-0.4, -0.2) is 18.1 Å². The number of nitrogens with zero attached hydrogens (tertiary/aromatic N) is 1. The van der Waals surface area contributed by atoms with Crippen molar-refractivity contribution in [3.05, 3.63) is 53.3 Å². The first kappa shape index (κ1) is 15.3. The molecule has 1 aromatic heterocycles. The summed E-state index contributed by atoms with van der Waals surface area (Å²) >= 11 is 6.26. The number of methoxy groups -OCH3 is 1. The highest BCUT2D eigenvalue weighted by molar-refractivity contribution is 6.37. The van der Waals surface area contributed by atoms with Gasteiger partial charge in [-0.3, -0.25) is 4.98 Å². The lowest BCUT2D eigenvalue weighted by molar-refractivity contribution is 0.0601. The van der Waals surface area contributed by atoms with Gasteiger partial charge in [-0.15, -0.1) is 0 Å². The molecular formula is C17H16ClNO2. The summed E-state index contributed by atoms with van der Waals surface area (Å²) in [5, 5.41) is 4.48. The van der Waals surface area contributed by atoms with E-state index in [1.165, 1.54) is 7.11 Å². The fourth-order valence-corrected chi connectivity index (χ4v) is 2.49. The zero-order valence-electron chi connectivity index (χ0n) is 12.2. The molecule has 0 bridgehead atoms. The predicted octanol–water partition coefficient (Wildman–Crippen LogP) is 4.85. The van der Waals surface area contributed by atoms with Gasteiger partial charge in [-0.05, 0) is 35.0 Å². The van der Waals surface area contributed by atoms with Crippen LogP contribution in [0, 0.1) is 0 Å².